The first-order chi connectivity index (χ1) is 8.71. The van der Waals surface area contributed by atoms with E-state index in [4.69, 9.17) is 4.43 Å². The molecule has 0 aromatic heterocycles. The Morgan fingerprint density at radius 3 is 2.47 bits per heavy atom. The summed E-state index contributed by atoms with van der Waals surface area (Å²) in [5.41, 5.74) is 2.42. The number of rotatable bonds is 2. The molecule has 1 aliphatic rings. The molecule has 0 heterocycles. The van der Waals surface area contributed by atoms with E-state index in [2.05, 4.69) is 46.0 Å². The van der Waals surface area contributed by atoms with Crippen LogP contribution in [-0.4, -0.2) is 14.1 Å². The number of hydrogen-bond donors (Lipinski definition) is 0. The van der Waals surface area contributed by atoms with Crippen LogP contribution in [0.15, 0.2) is 18.2 Å². The lowest BCUT2D eigenvalue weighted by Crippen LogP contribution is -2.44. The first-order valence-electron chi connectivity index (χ1n) is 7.02. The van der Waals surface area contributed by atoms with Crippen LogP contribution >= 0.6 is 0 Å². The molecule has 0 bridgehead atoms. The van der Waals surface area contributed by atoms with Gasteiger partial charge >= 0.3 is 0 Å². The number of benzene rings is 1. The van der Waals surface area contributed by atoms with Crippen molar-refractivity contribution in [1.29, 1.82) is 0 Å². The minimum Gasteiger partial charge on any atom is -0.543 e. The van der Waals surface area contributed by atoms with E-state index in [9.17, 15) is 4.79 Å². The summed E-state index contributed by atoms with van der Waals surface area (Å²) in [7, 11) is -1.84. The first-order valence-corrected chi connectivity index (χ1v) is 9.93. The van der Waals surface area contributed by atoms with Gasteiger partial charge in [-0.15, -0.1) is 0 Å². The largest absolute Gasteiger partial charge is 0.543 e. The molecule has 0 atom stereocenters. The quantitative estimate of drug-likeness (QED) is 0.759. The summed E-state index contributed by atoms with van der Waals surface area (Å²) in [6.07, 6.45) is 2.08. The van der Waals surface area contributed by atoms with E-state index in [-0.39, 0.29) is 5.04 Å². The maximum atomic E-state index is 11.7. The van der Waals surface area contributed by atoms with E-state index in [0.29, 0.717) is 18.6 Å². The Labute approximate surface area is 117 Å². The Balaban J connectivity index is 2.34. The fraction of sp³-hybridized carbons (Fsp3) is 0.562. The summed E-state index contributed by atoms with van der Waals surface area (Å²) in [6.45, 7) is 11.2. The van der Waals surface area contributed by atoms with Gasteiger partial charge in [0, 0.05) is 18.4 Å². The molecule has 0 amide bonds. The zero-order valence-corrected chi connectivity index (χ0v) is 13.7. The van der Waals surface area contributed by atoms with Gasteiger partial charge in [-0.25, -0.2) is 0 Å². The van der Waals surface area contributed by atoms with E-state index in [1.165, 1.54) is 5.56 Å². The van der Waals surface area contributed by atoms with E-state index >= 15 is 0 Å². The van der Waals surface area contributed by atoms with Crippen LogP contribution in [0, 0.1) is 0 Å². The minimum absolute atomic E-state index is 0.175. The second-order valence-corrected chi connectivity index (χ2v) is 11.7. The van der Waals surface area contributed by atoms with Gasteiger partial charge in [0.05, 0.1) is 0 Å². The van der Waals surface area contributed by atoms with E-state index in [0.717, 1.165) is 17.7 Å². The normalized spacial score (nSPS) is 16.2. The van der Waals surface area contributed by atoms with Crippen molar-refractivity contribution in [3.63, 3.8) is 0 Å². The fourth-order valence-electron chi connectivity index (χ4n) is 2.13. The maximum absolute atomic E-state index is 11.7. The Kier molecular flexibility index (Phi) is 3.60. The highest BCUT2D eigenvalue weighted by Gasteiger charge is 2.39. The highest BCUT2D eigenvalue weighted by Crippen LogP contribution is 2.39. The zero-order valence-electron chi connectivity index (χ0n) is 12.7. The number of aryl methyl sites for hydroxylation is 1. The van der Waals surface area contributed by atoms with Crippen molar-refractivity contribution in [2.45, 2.75) is 58.2 Å². The van der Waals surface area contributed by atoms with Gasteiger partial charge in [0.25, 0.3) is 0 Å². The topological polar surface area (TPSA) is 26.3 Å². The molecule has 0 aliphatic heterocycles. The molecule has 2 nitrogen and oxygen atoms in total. The molecule has 0 N–H and O–H groups in total. The van der Waals surface area contributed by atoms with Crippen LogP contribution in [0.25, 0.3) is 0 Å². The summed E-state index contributed by atoms with van der Waals surface area (Å²) in [6, 6.07) is 6.20. The molecule has 0 saturated heterocycles. The van der Waals surface area contributed by atoms with Gasteiger partial charge in [-0.05, 0) is 36.2 Å². The van der Waals surface area contributed by atoms with Gasteiger partial charge in [0.15, 0.2) is 0 Å². The van der Waals surface area contributed by atoms with Crippen molar-refractivity contribution in [1.82, 2.24) is 0 Å². The number of Topliss-reactive ketones (excluding diaryl/α,β-unsaturated/α-hetero) is 1. The number of ketones is 1. The van der Waals surface area contributed by atoms with Crippen molar-refractivity contribution in [3.05, 3.63) is 29.3 Å². The summed E-state index contributed by atoms with van der Waals surface area (Å²) in [5.74, 6) is 1.27. The molecule has 0 unspecified atom stereocenters. The minimum atomic E-state index is -1.84. The molecule has 104 valence electrons. The van der Waals surface area contributed by atoms with Gasteiger partial charge < -0.3 is 4.43 Å². The smallest absolute Gasteiger partial charge is 0.250 e. The Morgan fingerprint density at radius 2 is 1.84 bits per heavy atom. The van der Waals surface area contributed by atoms with Gasteiger partial charge in [-0.3, -0.25) is 4.79 Å². The molecular formula is C16H24O2Si. The van der Waals surface area contributed by atoms with Crippen molar-refractivity contribution in [2.75, 3.05) is 0 Å². The van der Waals surface area contributed by atoms with Crippen molar-refractivity contribution in [2.24, 2.45) is 0 Å². The third kappa shape index (κ3) is 2.91. The molecule has 1 aliphatic carbocycles. The molecule has 3 heteroatoms. The standard InChI is InChI=1S/C16H24O2Si/c1-16(2,3)19(4,5)18-15-8-6-7-12-9-10-13(17)11-14(12)15/h6-8H,9-11H2,1-5H3. The number of fused-ring (bicyclic) bond motifs is 1. The highest BCUT2D eigenvalue weighted by atomic mass is 28.4. The van der Waals surface area contributed by atoms with E-state index in [1.807, 2.05) is 6.07 Å². The molecule has 19 heavy (non-hydrogen) atoms. The van der Waals surface area contributed by atoms with E-state index in [1.54, 1.807) is 0 Å². The third-order valence-corrected chi connectivity index (χ3v) is 8.79. The van der Waals surface area contributed by atoms with Gasteiger partial charge in [0.2, 0.25) is 8.32 Å². The average Bonchev–Trinajstić information content (AvgIpc) is 2.28. The van der Waals surface area contributed by atoms with Crippen molar-refractivity contribution >= 4 is 14.1 Å². The third-order valence-electron chi connectivity index (χ3n) is 4.45. The Hall–Kier alpha value is -1.09. The predicted octanol–water partition coefficient (Wildman–Crippen LogP) is 4.13. The Bertz CT molecular complexity index is 498. The number of carbonyl (C=O) groups is 1. The predicted molar refractivity (Wildman–Crippen MR) is 81.3 cm³/mol. The summed E-state index contributed by atoms with van der Waals surface area (Å²) < 4.78 is 6.40. The van der Waals surface area contributed by atoms with Crippen LogP contribution in [0.5, 0.6) is 5.75 Å². The maximum Gasteiger partial charge on any atom is 0.250 e. The molecular weight excluding hydrogens is 252 g/mol. The van der Waals surface area contributed by atoms with Crippen LogP contribution < -0.4 is 4.43 Å². The van der Waals surface area contributed by atoms with Crippen molar-refractivity contribution < 1.29 is 9.22 Å². The van der Waals surface area contributed by atoms with Crippen molar-refractivity contribution in [3.8, 4) is 5.75 Å². The average molecular weight is 276 g/mol. The lowest BCUT2D eigenvalue weighted by Gasteiger charge is -2.37. The Morgan fingerprint density at radius 1 is 1.16 bits per heavy atom. The van der Waals surface area contributed by atoms with Crippen LogP contribution in [0.2, 0.25) is 18.1 Å². The molecule has 0 saturated carbocycles. The monoisotopic (exact) mass is 276 g/mol. The second-order valence-electron chi connectivity index (χ2n) is 6.97. The SMILES string of the molecule is CC(C)(C)[Si](C)(C)Oc1cccc2c1CC(=O)CC2. The molecule has 1 aromatic carbocycles. The van der Waals surface area contributed by atoms with Gasteiger partial charge in [0.1, 0.15) is 11.5 Å². The number of carbonyl (C=O) groups excluding carboxylic acids is 1. The van der Waals surface area contributed by atoms with E-state index < -0.39 is 8.32 Å². The molecule has 0 spiro atoms. The highest BCUT2D eigenvalue weighted by molar-refractivity contribution is 6.74. The van der Waals surface area contributed by atoms with Gasteiger partial charge in [-0.1, -0.05) is 32.9 Å². The second kappa shape index (κ2) is 4.78. The molecule has 0 fully saturated rings. The van der Waals surface area contributed by atoms with Crippen LogP contribution in [0.4, 0.5) is 0 Å². The van der Waals surface area contributed by atoms with Gasteiger partial charge in [-0.2, -0.15) is 0 Å². The fourth-order valence-corrected chi connectivity index (χ4v) is 3.18. The zero-order chi connectivity index (χ0) is 14.3. The van der Waals surface area contributed by atoms with Crippen LogP contribution in [0.3, 0.4) is 0 Å². The molecule has 1 aromatic rings. The number of hydrogen-bond acceptors (Lipinski definition) is 2. The summed E-state index contributed by atoms with van der Waals surface area (Å²) in [4.78, 5) is 11.7. The summed E-state index contributed by atoms with van der Waals surface area (Å²) >= 11 is 0. The summed E-state index contributed by atoms with van der Waals surface area (Å²) in [5, 5.41) is 0.175. The lowest BCUT2D eigenvalue weighted by molar-refractivity contribution is -0.118. The molecule has 2 rings (SSSR count). The van der Waals surface area contributed by atoms with Crippen LogP contribution in [-0.2, 0) is 17.6 Å². The first kappa shape index (κ1) is 14.3. The molecule has 0 radical (unpaired) electrons. The van der Waals surface area contributed by atoms with Crippen LogP contribution in [0.1, 0.15) is 38.3 Å². The lowest BCUT2D eigenvalue weighted by atomic mass is 9.90.